The Morgan fingerprint density at radius 2 is 2.17 bits per heavy atom. The molecule has 0 saturated heterocycles. The van der Waals surface area contributed by atoms with Gasteiger partial charge in [-0.05, 0) is 12.1 Å². The summed E-state index contributed by atoms with van der Waals surface area (Å²) in [5, 5.41) is 0. The van der Waals surface area contributed by atoms with Crippen molar-refractivity contribution in [3.8, 4) is 5.75 Å². The van der Waals surface area contributed by atoms with Gasteiger partial charge in [0.25, 0.3) is 0 Å². The van der Waals surface area contributed by atoms with Crippen LogP contribution >= 0.6 is 11.6 Å². The predicted molar refractivity (Wildman–Crippen MR) is 45.7 cm³/mol. The fraction of sp³-hybridized carbons (Fsp3) is 0.222. The van der Waals surface area contributed by atoms with Crippen molar-refractivity contribution in [1.29, 1.82) is 0 Å². The molecule has 0 aliphatic carbocycles. The van der Waals surface area contributed by atoms with Crippen LogP contribution in [0.1, 0.15) is 16.8 Å². The highest BCUT2D eigenvalue weighted by molar-refractivity contribution is 6.22. The summed E-state index contributed by atoms with van der Waals surface area (Å²) in [4.78, 5) is 11.3. The largest absolute Gasteiger partial charge is 0.473 e. The Morgan fingerprint density at radius 3 is 3.00 bits per heavy atom. The molecule has 0 bridgehead atoms. The van der Waals surface area contributed by atoms with Crippen LogP contribution in [0.3, 0.4) is 0 Å². The number of para-hydroxylation sites is 1. The van der Waals surface area contributed by atoms with Crippen LogP contribution in [0.4, 0.5) is 0 Å². The van der Waals surface area contributed by atoms with Crippen molar-refractivity contribution in [2.45, 2.75) is 12.0 Å². The average molecular weight is 183 g/mol. The third-order valence-electron chi connectivity index (χ3n) is 1.79. The quantitative estimate of drug-likeness (QED) is 0.575. The number of carbonyl (C=O) groups excluding carboxylic acids is 1. The van der Waals surface area contributed by atoms with E-state index in [4.69, 9.17) is 16.3 Å². The van der Waals surface area contributed by atoms with E-state index in [1.165, 1.54) is 0 Å². The SMILES string of the molecule is O=C1CC(Cl)Oc2ccccc21. The van der Waals surface area contributed by atoms with Crippen molar-refractivity contribution in [3.05, 3.63) is 29.8 Å². The number of hydrogen-bond acceptors (Lipinski definition) is 2. The number of Topliss-reactive ketones (excluding diaryl/α,β-unsaturated/α-hetero) is 1. The zero-order valence-electron chi connectivity index (χ0n) is 6.29. The molecule has 1 atom stereocenters. The van der Waals surface area contributed by atoms with E-state index < -0.39 is 5.56 Å². The minimum atomic E-state index is -0.507. The third-order valence-corrected chi connectivity index (χ3v) is 2.03. The van der Waals surface area contributed by atoms with E-state index in [0.29, 0.717) is 11.3 Å². The molecule has 0 radical (unpaired) electrons. The smallest absolute Gasteiger partial charge is 0.179 e. The highest BCUT2D eigenvalue weighted by Gasteiger charge is 2.23. The number of benzene rings is 1. The number of ether oxygens (including phenoxy) is 1. The lowest BCUT2D eigenvalue weighted by Gasteiger charge is -2.19. The Bertz CT molecular complexity index is 322. The van der Waals surface area contributed by atoms with Gasteiger partial charge in [0.05, 0.1) is 12.0 Å². The summed E-state index contributed by atoms with van der Waals surface area (Å²) in [6.07, 6.45) is 0.262. The zero-order valence-corrected chi connectivity index (χ0v) is 7.04. The van der Waals surface area contributed by atoms with Crippen LogP contribution in [0.2, 0.25) is 0 Å². The molecule has 1 aromatic rings. The summed E-state index contributed by atoms with van der Waals surface area (Å²) < 4.78 is 5.25. The number of fused-ring (bicyclic) bond motifs is 1. The van der Waals surface area contributed by atoms with Gasteiger partial charge in [0, 0.05) is 0 Å². The first-order valence-electron chi connectivity index (χ1n) is 3.70. The first kappa shape index (κ1) is 7.62. The van der Waals surface area contributed by atoms with E-state index in [9.17, 15) is 4.79 Å². The summed E-state index contributed by atoms with van der Waals surface area (Å²) in [6, 6.07) is 7.14. The van der Waals surface area contributed by atoms with Crippen LogP contribution in [-0.2, 0) is 0 Å². The molecule has 62 valence electrons. The van der Waals surface area contributed by atoms with Gasteiger partial charge >= 0.3 is 0 Å². The summed E-state index contributed by atoms with van der Waals surface area (Å²) in [5.74, 6) is 0.644. The maximum absolute atomic E-state index is 11.3. The second-order valence-electron chi connectivity index (χ2n) is 2.65. The molecular weight excluding hydrogens is 176 g/mol. The van der Waals surface area contributed by atoms with E-state index in [1.54, 1.807) is 12.1 Å². The second-order valence-corrected chi connectivity index (χ2v) is 3.14. The second kappa shape index (κ2) is 2.79. The molecular formula is C9H7ClO2. The van der Waals surface area contributed by atoms with Crippen molar-refractivity contribution in [2.24, 2.45) is 0 Å². The lowest BCUT2D eigenvalue weighted by atomic mass is 10.1. The maximum atomic E-state index is 11.3. The molecule has 0 spiro atoms. The van der Waals surface area contributed by atoms with Crippen molar-refractivity contribution in [1.82, 2.24) is 0 Å². The monoisotopic (exact) mass is 182 g/mol. The molecule has 0 saturated carbocycles. The predicted octanol–water partition coefficient (Wildman–Crippen LogP) is 2.22. The van der Waals surface area contributed by atoms with Crippen molar-refractivity contribution < 1.29 is 9.53 Å². The van der Waals surface area contributed by atoms with Crippen LogP contribution in [0.5, 0.6) is 5.75 Å². The molecule has 1 unspecified atom stereocenters. The van der Waals surface area contributed by atoms with E-state index >= 15 is 0 Å². The molecule has 2 rings (SSSR count). The fourth-order valence-corrected chi connectivity index (χ4v) is 1.47. The fourth-order valence-electron chi connectivity index (χ4n) is 1.23. The molecule has 12 heavy (non-hydrogen) atoms. The van der Waals surface area contributed by atoms with Gasteiger partial charge in [-0.25, -0.2) is 0 Å². The first-order chi connectivity index (χ1) is 5.77. The van der Waals surface area contributed by atoms with Crippen LogP contribution in [0.25, 0.3) is 0 Å². The summed E-state index contributed by atoms with van der Waals surface area (Å²) in [6.45, 7) is 0. The van der Waals surface area contributed by atoms with Crippen molar-refractivity contribution in [3.63, 3.8) is 0 Å². The van der Waals surface area contributed by atoms with E-state index in [1.807, 2.05) is 12.1 Å². The molecule has 2 nitrogen and oxygen atoms in total. The molecule has 3 heteroatoms. The first-order valence-corrected chi connectivity index (χ1v) is 4.14. The Hall–Kier alpha value is -1.02. The van der Waals surface area contributed by atoms with Crippen molar-refractivity contribution >= 4 is 17.4 Å². The summed E-state index contributed by atoms with van der Waals surface area (Å²) in [7, 11) is 0. The normalized spacial score (nSPS) is 21.4. The van der Waals surface area contributed by atoms with Crippen LogP contribution < -0.4 is 4.74 Å². The van der Waals surface area contributed by atoms with Gasteiger partial charge in [0.15, 0.2) is 11.3 Å². The zero-order chi connectivity index (χ0) is 8.55. The number of ketones is 1. The number of halogens is 1. The van der Waals surface area contributed by atoms with Gasteiger partial charge in [-0.1, -0.05) is 23.7 Å². The summed E-state index contributed by atoms with van der Waals surface area (Å²) >= 11 is 5.70. The number of hydrogen-bond donors (Lipinski definition) is 0. The number of carbonyl (C=O) groups is 1. The molecule has 0 amide bonds. The van der Waals surface area contributed by atoms with Crippen LogP contribution in [0, 0.1) is 0 Å². The minimum absolute atomic E-state index is 0.0526. The van der Waals surface area contributed by atoms with Crippen LogP contribution in [-0.4, -0.2) is 11.3 Å². The van der Waals surface area contributed by atoms with Gasteiger partial charge in [-0.15, -0.1) is 0 Å². The van der Waals surface area contributed by atoms with Gasteiger partial charge < -0.3 is 4.74 Å². The molecule has 1 aromatic carbocycles. The highest BCUT2D eigenvalue weighted by Crippen LogP contribution is 2.28. The molecule has 0 fully saturated rings. The van der Waals surface area contributed by atoms with E-state index in [-0.39, 0.29) is 12.2 Å². The van der Waals surface area contributed by atoms with Gasteiger partial charge in [0.2, 0.25) is 0 Å². The van der Waals surface area contributed by atoms with Gasteiger partial charge in [-0.3, -0.25) is 4.79 Å². The summed E-state index contributed by atoms with van der Waals surface area (Å²) in [5.41, 5.74) is 0.127. The third kappa shape index (κ3) is 1.18. The topological polar surface area (TPSA) is 26.3 Å². The molecule has 1 aliphatic rings. The lowest BCUT2D eigenvalue weighted by Crippen LogP contribution is -2.21. The standard InChI is InChI=1S/C9H7ClO2/c10-9-5-7(11)6-3-1-2-4-8(6)12-9/h1-4,9H,5H2. The number of rotatable bonds is 0. The van der Waals surface area contributed by atoms with Gasteiger partial charge in [-0.2, -0.15) is 0 Å². The average Bonchev–Trinajstić information content (AvgIpc) is 2.04. The molecule has 1 aliphatic heterocycles. The highest BCUT2D eigenvalue weighted by atomic mass is 35.5. The number of alkyl halides is 1. The van der Waals surface area contributed by atoms with E-state index in [0.717, 1.165) is 0 Å². The maximum Gasteiger partial charge on any atom is 0.179 e. The van der Waals surface area contributed by atoms with Gasteiger partial charge in [0.1, 0.15) is 5.75 Å². The Kier molecular flexibility index (Phi) is 1.77. The van der Waals surface area contributed by atoms with E-state index in [2.05, 4.69) is 0 Å². The Balaban J connectivity index is 2.47. The Morgan fingerprint density at radius 1 is 1.42 bits per heavy atom. The molecule has 0 N–H and O–H groups in total. The Labute approximate surface area is 75.1 Å². The molecule has 0 aromatic heterocycles. The lowest BCUT2D eigenvalue weighted by molar-refractivity contribution is 0.0914. The van der Waals surface area contributed by atoms with Crippen molar-refractivity contribution in [2.75, 3.05) is 0 Å². The molecule has 1 heterocycles. The minimum Gasteiger partial charge on any atom is -0.473 e. The van der Waals surface area contributed by atoms with Crippen LogP contribution in [0.15, 0.2) is 24.3 Å².